The number of aromatic nitrogens is 4. The number of aryl methyl sites for hydroxylation is 3. The topological polar surface area (TPSA) is 62.1 Å². The van der Waals surface area contributed by atoms with E-state index in [1.54, 1.807) is 14.2 Å². The summed E-state index contributed by atoms with van der Waals surface area (Å²) < 4.78 is 12.9. The van der Waals surface area contributed by atoms with Crippen molar-refractivity contribution in [3.63, 3.8) is 0 Å². The highest BCUT2D eigenvalue weighted by Crippen LogP contribution is 2.30. The van der Waals surface area contributed by atoms with Crippen LogP contribution in [0.4, 0.5) is 0 Å². The highest BCUT2D eigenvalue weighted by molar-refractivity contribution is 5.47. The van der Waals surface area contributed by atoms with Crippen LogP contribution in [0.15, 0.2) is 42.5 Å². The van der Waals surface area contributed by atoms with Gasteiger partial charge in [0.2, 0.25) is 0 Å². The molecular formula is C20H24N4O2. The zero-order valence-electron chi connectivity index (χ0n) is 15.5. The molecule has 6 nitrogen and oxygen atoms in total. The minimum Gasteiger partial charge on any atom is -0.496 e. The second-order valence-electron chi connectivity index (χ2n) is 6.07. The highest BCUT2D eigenvalue weighted by Gasteiger charge is 2.13. The van der Waals surface area contributed by atoms with Gasteiger partial charge in [0.15, 0.2) is 5.82 Å². The molecule has 0 fully saturated rings. The summed E-state index contributed by atoms with van der Waals surface area (Å²) in [7, 11) is 3.37. The Balaban J connectivity index is 1.76. The van der Waals surface area contributed by atoms with Crippen molar-refractivity contribution in [2.45, 2.75) is 32.7 Å². The molecule has 0 bridgehead atoms. The molecule has 0 amide bonds. The molecule has 3 rings (SSSR count). The Kier molecular flexibility index (Phi) is 5.84. The summed E-state index contributed by atoms with van der Waals surface area (Å²) >= 11 is 0. The van der Waals surface area contributed by atoms with E-state index in [0.717, 1.165) is 42.1 Å². The molecule has 0 aliphatic carbocycles. The van der Waals surface area contributed by atoms with Crippen molar-refractivity contribution in [1.82, 2.24) is 20.2 Å². The Morgan fingerprint density at radius 2 is 1.65 bits per heavy atom. The van der Waals surface area contributed by atoms with Gasteiger partial charge in [-0.2, -0.15) is 0 Å². The summed E-state index contributed by atoms with van der Waals surface area (Å²) in [5, 5.41) is 12.2. The van der Waals surface area contributed by atoms with Crippen molar-refractivity contribution in [2.75, 3.05) is 14.2 Å². The average molecular weight is 352 g/mol. The molecule has 1 heterocycles. The summed E-state index contributed by atoms with van der Waals surface area (Å²) in [5.41, 5.74) is 3.49. The van der Waals surface area contributed by atoms with Crippen molar-refractivity contribution in [1.29, 1.82) is 0 Å². The number of methoxy groups -OCH3 is 2. The Labute approximate surface area is 153 Å². The molecule has 0 N–H and O–H groups in total. The van der Waals surface area contributed by atoms with Gasteiger partial charge in [0.05, 0.1) is 20.8 Å². The number of hydrogen-bond donors (Lipinski definition) is 0. The van der Waals surface area contributed by atoms with E-state index in [2.05, 4.69) is 40.6 Å². The van der Waals surface area contributed by atoms with Crippen molar-refractivity contribution >= 4 is 0 Å². The zero-order valence-corrected chi connectivity index (χ0v) is 15.5. The SMILES string of the molecule is CCc1cc(CCc2nnnn2Cc2ccccc2)c(OC)cc1OC. The quantitative estimate of drug-likeness (QED) is 0.623. The van der Waals surface area contributed by atoms with Crippen LogP contribution in [-0.4, -0.2) is 34.4 Å². The summed E-state index contributed by atoms with van der Waals surface area (Å²) in [5.74, 6) is 2.56. The van der Waals surface area contributed by atoms with Crippen LogP contribution in [0.2, 0.25) is 0 Å². The van der Waals surface area contributed by atoms with Crippen molar-refractivity contribution in [3.05, 3.63) is 65.0 Å². The molecule has 0 saturated heterocycles. The lowest BCUT2D eigenvalue weighted by Gasteiger charge is -2.14. The summed E-state index contributed by atoms with van der Waals surface area (Å²) in [6, 6.07) is 14.3. The molecule has 6 heteroatoms. The van der Waals surface area contributed by atoms with E-state index in [1.165, 1.54) is 11.1 Å². The maximum Gasteiger partial charge on any atom is 0.151 e. The predicted octanol–water partition coefficient (Wildman–Crippen LogP) is 3.09. The lowest BCUT2D eigenvalue weighted by atomic mass is 10.0. The van der Waals surface area contributed by atoms with E-state index in [-0.39, 0.29) is 0 Å². The molecule has 0 atom stereocenters. The van der Waals surface area contributed by atoms with Crippen LogP contribution < -0.4 is 9.47 Å². The van der Waals surface area contributed by atoms with Gasteiger partial charge in [-0.3, -0.25) is 0 Å². The smallest absolute Gasteiger partial charge is 0.151 e. The van der Waals surface area contributed by atoms with Gasteiger partial charge in [0.25, 0.3) is 0 Å². The van der Waals surface area contributed by atoms with Gasteiger partial charge in [-0.15, -0.1) is 5.10 Å². The molecule has 0 unspecified atom stereocenters. The van der Waals surface area contributed by atoms with Gasteiger partial charge in [-0.1, -0.05) is 37.3 Å². The third-order valence-corrected chi connectivity index (χ3v) is 4.46. The number of benzene rings is 2. The number of rotatable bonds is 8. The Hall–Kier alpha value is -2.89. The molecule has 0 radical (unpaired) electrons. The van der Waals surface area contributed by atoms with Gasteiger partial charge < -0.3 is 9.47 Å². The summed E-state index contributed by atoms with van der Waals surface area (Å²) in [6.07, 6.45) is 2.45. The number of nitrogens with zero attached hydrogens (tertiary/aromatic N) is 4. The normalized spacial score (nSPS) is 10.7. The van der Waals surface area contributed by atoms with Gasteiger partial charge in [0, 0.05) is 12.5 Å². The van der Waals surface area contributed by atoms with Crippen molar-refractivity contribution in [2.24, 2.45) is 0 Å². The second-order valence-corrected chi connectivity index (χ2v) is 6.07. The molecule has 0 spiro atoms. The Morgan fingerprint density at radius 3 is 2.35 bits per heavy atom. The fourth-order valence-electron chi connectivity index (χ4n) is 3.04. The van der Waals surface area contributed by atoms with Gasteiger partial charge >= 0.3 is 0 Å². The lowest BCUT2D eigenvalue weighted by molar-refractivity contribution is 0.388. The first-order valence-corrected chi connectivity index (χ1v) is 8.77. The van der Waals surface area contributed by atoms with E-state index in [1.807, 2.05) is 28.9 Å². The maximum atomic E-state index is 5.54. The van der Waals surface area contributed by atoms with Crippen LogP contribution in [0, 0.1) is 0 Å². The summed E-state index contributed by atoms with van der Waals surface area (Å²) in [6.45, 7) is 2.79. The predicted molar refractivity (Wildman–Crippen MR) is 99.7 cm³/mol. The second kappa shape index (κ2) is 8.47. The lowest BCUT2D eigenvalue weighted by Crippen LogP contribution is -2.09. The zero-order chi connectivity index (χ0) is 18.4. The fraction of sp³-hybridized carbons (Fsp3) is 0.350. The average Bonchev–Trinajstić information content (AvgIpc) is 3.13. The standard InChI is InChI=1S/C20H24N4O2/c1-4-16-12-17(19(26-3)13-18(16)25-2)10-11-20-21-22-23-24(20)14-15-8-6-5-7-9-15/h5-9,12-13H,4,10-11,14H2,1-3H3. The van der Waals surface area contributed by atoms with Crippen molar-refractivity contribution < 1.29 is 9.47 Å². The molecule has 2 aromatic carbocycles. The third-order valence-electron chi connectivity index (χ3n) is 4.46. The largest absolute Gasteiger partial charge is 0.496 e. The van der Waals surface area contributed by atoms with Crippen LogP contribution in [0.3, 0.4) is 0 Å². The maximum absolute atomic E-state index is 5.54. The third kappa shape index (κ3) is 4.02. The number of ether oxygens (including phenoxy) is 2. The Morgan fingerprint density at radius 1 is 0.923 bits per heavy atom. The van der Waals surface area contributed by atoms with E-state index in [9.17, 15) is 0 Å². The molecule has 26 heavy (non-hydrogen) atoms. The first-order valence-electron chi connectivity index (χ1n) is 8.77. The van der Waals surface area contributed by atoms with Gasteiger partial charge in [-0.05, 0) is 46.0 Å². The monoisotopic (exact) mass is 352 g/mol. The molecule has 3 aromatic rings. The number of hydrogen-bond acceptors (Lipinski definition) is 5. The first-order chi connectivity index (χ1) is 12.7. The van der Waals surface area contributed by atoms with E-state index in [0.29, 0.717) is 6.54 Å². The van der Waals surface area contributed by atoms with Crippen LogP contribution in [-0.2, 0) is 25.8 Å². The number of tetrazole rings is 1. The van der Waals surface area contributed by atoms with Crippen LogP contribution in [0.5, 0.6) is 11.5 Å². The minimum absolute atomic E-state index is 0.670. The van der Waals surface area contributed by atoms with E-state index < -0.39 is 0 Å². The van der Waals surface area contributed by atoms with Crippen LogP contribution >= 0.6 is 0 Å². The molecule has 136 valence electrons. The van der Waals surface area contributed by atoms with Crippen LogP contribution in [0.1, 0.15) is 29.4 Å². The minimum atomic E-state index is 0.670. The molecule has 1 aromatic heterocycles. The van der Waals surface area contributed by atoms with Crippen molar-refractivity contribution in [3.8, 4) is 11.5 Å². The van der Waals surface area contributed by atoms with Gasteiger partial charge in [0.1, 0.15) is 11.5 Å². The molecular weight excluding hydrogens is 328 g/mol. The Bertz CT molecular complexity index is 846. The summed E-state index contributed by atoms with van der Waals surface area (Å²) in [4.78, 5) is 0. The molecule has 0 aliphatic rings. The molecule has 0 aliphatic heterocycles. The fourth-order valence-corrected chi connectivity index (χ4v) is 3.04. The highest BCUT2D eigenvalue weighted by atomic mass is 16.5. The van der Waals surface area contributed by atoms with E-state index in [4.69, 9.17) is 9.47 Å². The van der Waals surface area contributed by atoms with E-state index >= 15 is 0 Å². The van der Waals surface area contributed by atoms with Gasteiger partial charge in [-0.25, -0.2) is 4.68 Å². The van der Waals surface area contributed by atoms with Crippen LogP contribution in [0.25, 0.3) is 0 Å². The first kappa shape index (κ1) is 17.9. The molecule has 0 saturated carbocycles.